The van der Waals surface area contributed by atoms with Gasteiger partial charge in [0.05, 0.1) is 0 Å². The lowest BCUT2D eigenvalue weighted by Crippen LogP contribution is -1.88. The maximum Gasteiger partial charge on any atom is -0.0185 e. The van der Waals surface area contributed by atoms with Crippen LogP contribution in [-0.4, -0.2) is 0 Å². The van der Waals surface area contributed by atoms with Gasteiger partial charge in [0.2, 0.25) is 0 Å². The first-order valence-corrected chi connectivity index (χ1v) is 4.26. The first kappa shape index (κ1) is 8.32. The number of hydrogen-bond donors (Lipinski definition) is 0. The SMILES string of the molecule is C=C1CC[C@H](C)/C1=C/C=C\C. The summed E-state index contributed by atoms with van der Waals surface area (Å²) in [4.78, 5) is 0. The molecule has 1 saturated carbocycles. The highest BCUT2D eigenvalue weighted by molar-refractivity contribution is 5.37. The quantitative estimate of drug-likeness (QED) is 0.534. The average Bonchev–Trinajstić information content (AvgIpc) is 2.29. The number of hydrogen-bond acceptors (Lipinski definition) is 0. The lowest BCUT2D eigenvalue weighted by Gasteiger charge is -2.02. The van der Waals surface area contributed by atoms with Crippen molar-refractivity contribution in [2.24, 2.45) is 5.92 Å². The molecule has 1 aliphatic carbocycles. The molecule has 1 atom stereocenters. The smallest absolute Gasteiger partial charge is 0.0185 e. The number of allylic oxidation sites excluding steroid dienone is 5. The molecule has 0 nitrogen and oxygen atoms in total. The molecule has 0 saturated heterocycles. The molecule has 11 heavy (non-hydrogen) atoms. The summed E-state index contributed by atoms with van der Waals surface area (Å²) in [5, 5.41) is 0. The van der Waals surface area contributed by atoms with E-state index < -0.39 is 0 Å². The fourth-order valence-corrected chi connectivity index (χ4v) is 1.52. The van der Waals surface area contributed by atoms with Crippen LogP contribution in [0.1, 0.15) is 26.7 Å². The highest BCUT2D eigenvalue weighted by Crippen LogP contribution is 2.34. The van der Waals surface area contributed by atoms with E-state index in [-0.39, 0.29) is 0 Å². The van der Waals surface area contributed by atoms with E-state index in [0.717, 1.165) is 5.92 Å². The number of rotatable bonds is 1. The fourth-order valence-electron chi connectivity index (χ4n) is 1.52. The van der Waals surface area contributed by atoms with Gasteiger partial charge >= 0.3 is 0 Å². The van der Waals surface area contributed by atoms with Crippen LogP contribution in [0.3, 0.4) is 0 Å². The Hall–Kier alpha value is -0.780. The van der Waals surface area contributed by atoms with Crippen LogP contribution in [0, 0.1) is 5.92 Å². The van der Waals surface area contributed by atoms with Gasteiger partial charge in [-0.2, -0.15) is 0 Å². The largest absolute Gasteiger partial charge is 0.0955 e. The molecule has 0 aromatic rings. The summed E-state index contributed by atoms with van der Waals surface area (Å²) in [7, 11) is 0. The molecule has 60 valence electrons. The van der Waals surface area contributed by atoms with Crippen molar-refractivity contribution in [2.45, 2.75) is 26.7 Å². The van der Waals surface area contributed by atoms with Crippen LogP contribution in [0.2, 0.25) is 0 Å². The molecule has 0 unspecified atom stereocenters. The second-order valence-electron chi connectivity index (χ2n) is 3.19. The maximum absolute atomic E-state index is 4.04. The van der Waals surface area contributed by atoms with Crippen molar-refractivity contribution in [1.29, 1.82) is 0 Å². The van der Waals surface area contributed by atoms with E-state index in [1.165, 1.54) is 24.0 Å². The Labute approximate surface area is 69.3 Å². The molecule has 0 aromatic carbocycles. The summed E-state index contributed by atoms with van der Waals surface area (Å²) in [5.41, 5.74) is 2.78. The first-order valence-electron chi connectivity index (χ1n) is 4.26. The monoisotopic (exact) mass is 148 g/mol. The molecule has 0 amide bonds. The van der Waals surface area contributed by atoms with Crippen LogP contribution >= 0.6 is 0 Å². The summed E-state index contributed by atoms with van der Waals surface area (Å²) < 4.78 is 0. The molecule has 0 radical (unpaired) electrons. The van der Waals surface area contributed by atoms with Crippen LogP contribution < -0.4 is 0 Å². The minimum Gasteiger partial charge on any atom is -0.0955 e. The Morgan fingerprint density at radius 3 is 2.73 bits per heavy atom. The third kappa shape index (κ3) is 1.83. The lowest BCUT2D eigenvalue weighted by molar-refractivity contribution is 0.697. The van der Waals surface area contributed by atoms with Crippen molar-refractivity contribution in [2.75, 3.05) is 0 Å². The Kier molecular flexibility index (Phi) is 2.70. The van der Waals surface area contributed by atoms with E-state index >= 15 is 0 Å². The molecule has 1 aliphatic rings. The van der Waals surface area contributed by atoms with Crippen molar-refractivity contribution in [3.63, 3.8) is 0 Å². The van der Waals surface area contributed by atoms with Gasteiger partial charge in [-0.05, 0) is 31.3 Å². The lowest BCUT2D eigenvalue weighted by atomic mass is 10.0. The molecule has 1 fully saturated rings. The molecule has 0 aliphatic heterocycles. The Morgan fingerprint density at radius 1 is 1.55 bits per heavy atom. The van der Waals surface area contributed by atoms with Crippen LogP contribution in [0.25, 0.3) is 0 Å². The fraction of sp³-hybridized carbons (Fsp3) is 0.455. The van der Waals surface area contributed by atoms with Crippen molar-refractivity contribution in [1.82, 2.24) is 0 Å². The van der Waals surface area contributed by atoms with Gasteiger partial charge in [-0.25, -0.2) is 0 Å². The van der Waals surface area contributed by atoms with Crippen LogP contribution in [-0.2, 0) is 0 Å². The van der Waals surface area contributed by atoms with E-state index in [1.807, 2.05) is 6.92 Å². The molecule has 0 N–H and O–H groups in total. The first-order chi connectivity index (χ1) is 5.25. The second kappa shape index (κ2) is 3.56. The molecule has 0 heteroatoms. The molecule has 0 heterocycles. The van der Waals surface area contributed by atoms with Crippen molar-refractivity contribution in [3.05, 3.63) is 36.0 Å². The van der Waals surface area contributed by atoms with Crippen molar-refractivity contribution in [3.8, 4) is 0 Å². The third-order valence-electron chi connectivity index (χ3n) is 2.29. The van der Waals surface area contributed by atoms with Crippen molar-refractivity contribution < 1.29 is 0 Å². The van der Waals surface area contributed by atoms with E-state index in [4.69, 9.17) is 0 Å². The maximum atomic E-state index is 4.04. The minimum absolute atomic E-state index is 0.721. The highest BCUT2D eigenvalue weighted by atomic mass is 14.2. The van der Waals surface area contributed by atoms with E-state index in [2.05, 4.69) is 31.7 Å². The van der Waals surface area contributed by atoms with Gasteiger partial charge in [-0.3, -0.25) is 0 Å². The van der Waals surface area contributed by atoms with E-state index in [9.17, 15) is 0 Å². The van der Waals surface area contributed by atoms with Gasteiger partial charge in [0.15, 0.2) is 0 Å². The van der Waals surface area contributed by atoms with Gasteiger partial charge < -0.3 is 0 Å². The normalized spacial score (nSPS) is 29.1. The molecule has 0 aromatic heterocycles. The molecule has 0 spiro atoms. The topological polar surface area (TPSA) is 0 Å². The summed E-state index contributed by atoms with van der Waals surface area (Å²) in [6.45, 7) is 8.35. The van der Waals surface area contributed by atoms with Gasteiger partial charge in [-0.15, -0.1) is 0 Å². The van der Waals surface area contributed by atoms with Gasteiger partial charge in [-0.1, -0.05) is 37.3 Å². The minimum atomic E-state index is 0.721. The highest BCUT2D eigenvalue weighted by Gasteiger charge is 2.18. The molecular weight excluding hydrogens is 132 g/mol. The third-order valence-corrected chi connectivity index (χ3v) is 2.29. The summed E-state index contributed by atoms with van der Waals surface area (Å²) in [6.07, 6.45) is 8.82. The zero-order valence-electron chi connectivity index (χ0n) is 7.43. The van der Waals surface area contributed by atoms with E-state index in [0.29, 0.717) is 0 Å². The molecule has 0 bridgehead atoms. The zero-order valence-corrected chi connectivity index (χ0v) is 7.43. The zero-order chi connectivity index (χ0) is 8.27. The van der Waals surface area contributed by atoms with Crippen molar-refractivity contribution >= 4 is 0 Å². The summed E-state index contributed by atoms with van der Waals surface area (Å²) in [6, 6.07) is 0. The molecular formula is C11H16. The Bertz CT molecular complexity index is 206. The average molecular weight is 148 g/mol. The summed E-state index contributed by atoms with van der Waals surface area (Å²) in [5.74, 6) is 0.721. The molecule has 1 rings (SSSR count). The Morgan fingerprint density at radius 2 is 2.27 bits per heavy atom. The second-order valence-corrected chi connectivity index (χ2v) is 3.19. The summed E-state index contributed by atoms with van der Waals surface area (Å²) >= 11 is 0. The van der Waals surface area contributed by atoms with Gasteiger partial charge in [0, 0.05) is 0 Å². The van der Waals surface area contributed by atoms with E-state index in [1.54, 1.807) is 0 Å². The van der Waals surface area contributed by atoms with Gasteiger partial charge in [0.1, 0.15) is 0 Å². The predicted octanol–water partition coefficient (Wildman–Crippen LogP) is 3.48. The van der Waals surface area contributed by atoms with Crippen LogP contribution in [0.5, 0.6) is 0 Å². The van der Waals surface area contributed by atoms with Gasteiger partial charge in [0.25, 0.3) is 0 Å². The standard InChI is InChI=1S/C11H16/c1-4-5-6-11-9(2)7-8-10(11)3/h4-6,10H,2,7-8H2,1,3H3/b5-4-,11-6+/t10-/m0/s1. The van der Waals surface area contributed by atoms with Crippen LogP contribution in [0.4, 0.5) is 0 Å². The van der Waals surface area contributed by atoms with Crippen LogP contribution in [0.15, 0.2) is 36.0 Å². The Balaban J connectivity index is 2.75. The predicted molar refractivity (Wildman–Crippen MR) is 50.4 cm³/mol.